The molecule has 0 aromatic heterocycles. The van der Waals surface area contributed by atoms with Crippen molar-refractivity contribution in [2.75, 3.05) is 13.6 Å². The fourth-order valence-corrected chi connectivity index (χ4v) is 3.31. The maximum Gasteiger partial charge on any atom is 0.242 e. The van der Waals surface area contributed by atoms with Gasteiger partial charge >= 0.3 is 0 Å². The van der Waals surface area contributed by atoms with Crippen molar-refractivity contribution in [3.63, 3.8) is 0 Å². The van der Waals surface area contributed by atoms with Gasteiger partial charge < -0.3 is 5.73 Å². The molecule has 5 heteroatoms. The lowest BCUT2D eigenvalue weighted by molar-refractivity contribution is 0.472. The van der Waals surface area contributed by atoms with Gasteiger partial charge in [-0.05, 0) is 29.7 Å². The highest BCUT2D eigenvalue weighted by Gasteiger charge is 2.20. The van der Waals surface area contributed by atoms with Crippen molar-refractivity contribution >= 4 is 10.0 Å². The summed E-state index contributed by atoms with van der Waals surface area (Å²) in [5, 5.41) is 0. The third kappa shape index (κ3) is 3.91. The number of benzene rings is 2. The molecule has 0 radical (unpaired) electrons. The number of nitrogens with two attached hydrogens (primary N) is 1. The van der Waals surface area contributed by atoms with Crippen molar-refractivity contribution in [3.05, 3.63) is 65.7 Å². The third-order valence-electron chi connectivity index (χ3n) is 3.40. The average molecular weight is 304 g/mol. The summed E-state index contributed by atoms with van der Waals surface area (Å²) in [5.74, 6) is 0. The van der Waals surface area contributed by atoms with Crippen molar-refractivity contribution in [2.45, 2.75) is 17.9 Å². The van der Waals surface area contributed by atoms with Crippen LogP contribution in [0.15, 0.2) is 59.5 Å². The maximum atomic E-state index is 12.5. The van der Waals surface area contributed by atoms with Crippen LogP contribution in [0.25, 0.3) is 0 Å². The largest absolute Gasteiger partial charge is 0.326 e. The quantitative estimate of drug-likeness (QED) is 0.888. The van der Waals surface area contributed by atoms with Crippen molar-refractivity contribution in [3.8, 4) is 0 Å². The average Bonchev–Trinajstić information content (AvgIpc) is 2.53. The zero-order valence-corrected chi connectivity index (χ0v) is 12.9. The minimum Gasteiger partial charge on any atom is -0.326 e. The fraction of sp³-hybridized carbons (Fsp3) is 0.250. The molecule has 0 heterocycles. The predicted octanol–water partition coefficient (Wildman–Crippen LogP) is 2.01. The van der Waals surface area contributed by atoms with E-state index in [2.05, 4.69) is 0 Å². The minimum atomic E-state index is -3.46. The summed E-state index contributed by atoms with van der Waals surface area (Å²) < 4.78 is 26.4. The summed E-state index contributed by atoms with van der Waals surface area (Å²) in [6, 6.07) is 16.6. The molecule has 0 aliphatic carbocycles. The first-order chi connectivity index (χ1) is 10.0. The lowest BCUT2D eigenvalue weighted by atomic mass is 10.2. The number of likely N-dealkylation sites (N-methyl/N-ethyl adjacent to an activating group) is 1. The Morgan fingerprint density at radius 3 is 2.33 bits per heavy atom. The van der Waals surface area contributed by atoms with Crippen molar-refractivity contribution in [1.82, 2.24) is 4.31 Å². The number of hydrogen-bond acceptors (Lipinski definition) is 3. The standard InChI is InChI=1S/C16H20N2O2S/c1-18(11-10-14-6-3-2-4-7-14)21(19,20)16-9-5-8-15(12-16)13-17/h2-9,12H,10-11,13,17H2,1H3. The zero-order valence-electron chi connectivity index (χ0n) is 12.1. The Morgan fingerprint density at radius 1 is 1.00 bits per heavy atom. The molecular formula is C16H20N2O2S. The van der Waals surface area contributed by atoms with Gasteiger partial charge in [0.1, 0.15) is 0 Å². The summed E-state index contributed by atoms with van der Waals surface area (Å²) >= 11 is 0. The first-order valence-corrected chi connectivity index (χ1v) is 8.27. The lowest BCUT2D eigenvalue weighted by Crippen LogP contribution is -2.29. The maximum absolute atomic E-state index is 12.5. The van der Waals surface area contributed by atoms with E-state index in [0.717, 1.165) is 11.1 Å². The highest BCUT2D eigenvalue weighted by Crippen LogP contribution is 2.16. The van der Waals surface area contributed by atoms with E-state index in [1.54, 1.807) is 25.2 Å². The van der Waals surface area contributed by atoms with Gasteiger partial charge in [0.15, 0.2) is 0 Å². The van der Waals surface area contributed by atoms with E-state index >= 15 is 0 Å². The van der Waals surface area contributed by atoms with Crippen molar-refractivity contribution < 1.29 is 8.42 Å². The number of nitrogens with zero attached hydrogens (tertiary/aromatic N) is 1. The first-order valence-electron chi connectivity index (χ1n) is 6.83. The summed E-state index contributed by atoms with van der Waals surface area (Å²) in [6.07, 6.45) is 0.688. The van der Waals surface area contributed by atoms with Gasteiger partial charge in [-0.3, -0.25) is 0 Å². The summed E-state index contributed by atoms with van der Waals surface area (Å²) in [6.45, 7) is 0.774. The van der Waals surface area contributed by atoms with Crippen LogP contribution in [0.3, 0.4) is 0 Å². The molecule has 0 amide bonds. The van der Waals surface area contributed by atoms with Crippen LogP contribution >= 0.6 is 0 Å². The van der Waals surface area contributed by atoms with Crippen molar-refractivity contribution in [2.24, 2.45) is 5.73 Å². The van der Waals surface area contributed by atoms with E-state index in [4.69, 9.17) is 5.73 Å². The van der Waals surface area contributed by atoms with Crippen molar-refractivity contribution in [1.29, 1.82) is 0 Å². The van der Waals surface area contributed by atoms with Gasteiger partial charge in [0.2, 0.25) is 10.0 Å². The van der Waals surface area contributed by atoms with E-state index in [1.165, 1.54) is 4.31 Å². The second-order valence-electron chi connectivity index (χ2n) is 4.91. The highest BCUT2D eigenvalue weighted by atomic mass is 32.2. The molecule has 2 aromatic rings. The summed E-state index contributed by atoms with van der Waals surface area (Å²) in [4.78, 5) is 0.293. The topological polar surface area (TPSA) is 63.4 Å². The van der Waals surface area contributed by atoms with Crippen LogP contribution in [0.5, 0.6) is 0 Å². The molecule has 0 spiro atoms. The first kappa shape index (κ1) is 15.7. The molecule has 4 nitrogen and oxygen atoms in total. The Bertz CT molecular complexity index is 684. The van der Waals surface area contributed by atoms with Crippen LogP contribution in [-0.4, -0.2) is 26.3 Å². The lowest BCUT2D eigenvalue weighted by Gasteiger charge is -2.17. The zero-order chi connectivity index (χ0) is 15.3. The molecule has 0 aliphatic rings. The van der Waals surface area contributed by atoms with Crippen LogP contribution in [0.2, 0.25) is 0 Å². The van der Waals surface area contributed by atoms with Crippen LogP contribution in [0, 0.1) is 0 Å². The molecule has 112 valence electrons. The van der Waals surface area contributed by atoms with E-state index in [1.807, 2.05) is 36.4 Å². The fourth-order valence-electron chi connectivity index (χ4n) is 2.06. The van der Waals surface area contributed by atoms with Gasteiger partial charge in [-0.2, -0.15) is 0 Å². The third-order valence-corrected chi connectivity index (χ3v) is 5.25. The molecule has 0 unspecified atom stereocenters. The molecule has 2 aromatic carbocycles. The van der Waals surface area contributed by atoms with Gasteiger partial charge in [0, 0.05) is 20.1 Å². The SMILES string of the molecule is CN(CCc1ccccc1)S(=O)(=O)c1cccc(CN)c1. The van der Waals surface area contributed by atoms with Gasteiger partial charge in [-0.1, -0.05) is 42.5 Å². The molecule has 0 atom stereocenters. The van der Waals surface area contributed by atoms with Crippen LogP contribution in [0.4, 0.5) is 0 Å². The van der Waals surface area contributed by atoms with Gasteiger partial charge in [-0.15, -0.1) is 0 Å². The molecule has 2 rings (SSSR count). The summed E-state index contributed by atoms with van der Waals surface area (Å²) in [7, 11) is -1.86. The van der Waals surface area contributed by atoms with Crippen LogP contribution in [0.1, 0.15) is 11.1 Å². The van der Waals surface area contributed by atoms with E-state index < -0.39 is 10.0 Å². The Balaban J connectivity index is 2.11. The van der Waals surface area contributed by atoms with Crippen LogP contribution in [-0.2, 0) is 23.0 Å². The monoisotopic (exact) mass is 304 g/mol. The predicted molar refractivity (Wildman–Crippen MR) is 84.3 cm³/mol. The highest BCUT2D eigenvalue weighted by molar-refractivity contribution is 7.89. The van der Waals surface area contributed by atoms with Gasteiger partial charge in [0.05, 0.1) is 4.90 Å². The molecule has 0 bridgehead atoms. The van der Waals surface area contributed by atoms with Gasteiger partial charge in [0.25, 0.3) is 0 Å². The molecule has 0 saturated carbocycles. The smallest absolute Gasteiger partial charge is 0.242 e. The normalized spacial score (nSPS) is 11.8. The Hall–Kier alpha value is -1.69. The Morgan fingerprint density at radius 2 is 1.67 bits per heavy atom. The number of sulfonamides is 1. The molecule has 0 saturated heterocycles. The van der Waals surface area contributed by atoms with Crippen LogP contribution < -0.4 is 5.73 Å². The van der Waals surface area contributed by atoms with E-state index in [0.29, 0.717) is 24.4 Å². The molecule has 21 heavy (non-hydrogen) atoms. The number of hydrogen-bond donors (Lipinski definition) is 1. The Kier molecular flexibility index (Phi) is 5.12. The minimum absolute atomic E-state index is 0.293. The molecule has 2 N–H and O–H groups in total. The van der Waals surface area contributed by atoms with E-state index in [-0.39, 0.29) is 0 Å². The summed E-state index contributed by atoms with van der Waals surface area (Å²) in [5.41, 5.74) is 7.50. The second-order valence-corrected chi connectivity index (χ2v) is 6.96. The molecular weight excluding hydrogens is 284 g/mol. The molecule has 0 aliphatic heterocycles. The molecule has 0 fully saturated rings. The Labute approximate surface area is 126 Å². The number of rotatable bonds is 6. The van der Waals surface area contributed by atoms with Gasteiger partial charge in [-0.25, -0.2) is 12.7 Å². The second kappa shape index (κ2) is 6.85. The van der Waals surface area contributed by atoms with E-state index in [9.17, 15) is 8.42 Å².